The van der Waals surface area contributed by atoms with Gasteiger partial charge in [0.2, 0.25) is 5.91 Å². The predicted octanol–water partition coefficient (Wildman–Crippen LogP) is 1.28. The molecule has 1 unspecified atom stereocenters. The first-order chi connectivity index (χ1) is 9.76. The van der Waals surface area contributed by atoms with Gasteiger partial charge < -0.3 is 10.2 Å². The highest BCUT2D eigenvalue weighted by Gasteiger charge is 2.24. The lowest BCUT2D eigenvalue weighted by molar-refractivity contribution is -0.132. The Balaban J connectivity index is 1.95. The van der Waals surface area contributed by atoms with E-state index in [-0.39, 0.29) is 11.9 Å². The van der Waals surface area contributed by atoms with E-state index in [9.17, 15) is 4.79 Å². The first kappa shape index (κ1) is 14.8. The number of likely N-dealkylation sites (N-methyl/N-ethyl adjacent to an activating group) is 1. The van der Waals surface area contributed by atoms with Crippen LogP contribution in [0.15, 0.2) is 43.0 Å². The number of hydrogen-bond acceptors (Lipinski definition) is 3. The third-order valence-electron chi connectivity index (χ3n) is 3.75. The molecule has 0 saturated carbocycles. The Morgan fingerprint density at radius 2 is 1.95 bits per heavy atom. The minimum Gasteiger partial charge on any atom is -0.339 e. The Bertz CT molecular complexity index is 438. The molecule has 1 atom stereocenters. The summed E-state index contributed by atoms with van der Waals surface area (Å²) < 4.78 is 0. The van der Waals surface area contributed by atoms with Crippen LogP contribution >= 0.6 is 0 Å². The van der Waals surface area contributed by atoms with Crippen LogP contribution in [0, 0.1) is 0 Å². The van der Waals surface area contributed by atoms with Crippen LogP contribution in [0.3, 0.4) is 0 Å². The second kappa shape index (κ2) is 7.22. The molecule has 0 aromatic heterocycles. The minimum absolute atomic E-state index is 0.182. The van der Waals surface area contributed by atoms with Crippen molar-refractivity contribution >= 4 is 5.91 Å². The van der Waals surface area contributed by atoms with E-state index >= 15 is 0 Å². The molecule has 2 rings (SSSR count). The Morgan fingerprint density at radius 1 is 1.30 bits per heavy atom. The van der Waals surface area contributed by atoms with Crippen LogP contribution < -0.4 is 5.32 Å². The molecule has 4 heteroatoms. The highest BCUT2D eigenvalue weighted by Crippen LogP contribution is 2.22. The zero-order valence-electron chi connectivity index (χ0n) is 12.1. The summed E-state index contributed by atoms with van der Waals surface area (Å²) >= 11 is 0. The van der Waals surface area contributed by atoms with Gasteiger partial charge in [0, 0.05) is 26.2 Å². The van der Waals surface area contributed by atoms with Gasteiger partial charge in [-0.15, -0.1) is 6.58 Å². The van der Waals surface area contributed by atoms with E-state index in [0.717, 1.165) is 26.2 Å². The van der Waals surface area contributed by atoms with Gasteiger partial charge in [-0.3, -0.25) is 9.69 Å². The highest BCUT2D eigenvalue weighted by atomic mass is 16.2. The predicted molar refractivity (Wildman–Crippen MR) is 81.5 cm³/mol. The normalized spacial score (nSPS) is 17.8. The Hall–Kier alpha value is -1.65. The zero-order valence-corrected chi connectivity index (χ0v) is 12.1. The van der Waals surface area contributed by atoms with Crippen molar-refractivity contribution in [2.45, 2.75) is 6.04 Å². The van der Waals surface area contributed by atoms with Crippen LogP contribution in [-0.2, 0) is 4.79 Å². The lowest BCUT2D eigenvalue weighted by Crippen LogP contribution is -2.51. The van der Waals surface area contributed by atoms with E-state index in [0.29, 0.717) is 6.54 Å². The van der Waals surface area contributed by atoms with E-state index in [4.69, 9.17) is 0 Å². The third-order valence-corrected chi connectivity index (χ3v) is 3.75. The summed E-state index contributed by atoms with van der Waals surface area (Å²) in [6, 6.07) is 10.6. The average Bonchev–Trinajstić information content (AvgIpc) is 2.50. The fraction of sp³-hybridized carbons (Fsp3) is 0.438. The van der Waals surface area contributed by atoms with Crippen molar-refractivity contribution in [3.05, 3.63) is 48.6 Å². The van der Waals surface area contributed by atoms with Gasteiger partial charge in [-0.05, 0) is 12.6 Å². The van der Waals surface area contributed by atoms with Crippen LogP contribution in [0.4, 0.5) is 0 Å². The van der Waals surface area contributed by atoms with Gasteiger partial charge in [0.25, 0.3) is 0 Å². The number of carbonyl (C=O) groups excluding carboxylic acids is 1. The lowest BCUT2D eigenvalue weighted by atomic mass is 10.0. The summed E-state index contributed by atoms with van der Waals surface area (Å²) in [5.74, 6) is 0.182. The number of carbonyl (C=O) groups is 1. The van der Waals surface area contributed by atoms with Gasteiger partial charge in [0.05, 0.1) is 12.6 Å². The van der Waals surface area contributed by atoms with E-state index in [1.165, 1.54) is 5.56 Å². The number of rotatable bonds is 5. The van der Waals surface area contributed by atoms with Gasteiger partial charge in [0.1, 0.15) is 0 Å². The smallest absolute Gasteiger partial charge is 0.236 e. The average molecular weight is 273 g/mol. The van der Waals surface area contributed by atoms with Crippen molar-refractivity contribution in [1.29, 1.82) is 0 Å². The van der Waals surface area contributed by atoms with Gasteiger partial charge in [-0.25, -0.2) is 0 Å². The summed E-state index contributed by atoms with van der Waals surface area (Å²) in [6.07, 6.45) is 1.99. The topological polar surface area (TPSA) is 35.6 Å². The molecule has 0 bridgehead atoms. The second-order valence-corrected chi connectivity index (χ2v) is 5.04. The molecule has 1 saturated heterocycles. The molecule has 0 radical (unpaired) electrons. The van der Waals surface area contributed by atoms with Crippen molar-refractivity contribution in [3.63, 3.8) is 0 Å². The van der Waals surface area contributed by atoms with Gasteiger partial charge in [-0.2, -0.15) is 0 Å². The largest absolute Gasteiger partial charge is 0.339 e. The quantitative estimate of drug-likeness (QED) is 0.821. The maximum atomic E-state index is 11.8. The van der Waals surface area contributed by atoms with Crippen molar-refractivity contribution in [3.8, 4) is 0 Å². The number of piperazine rings is 1. The maximum Gasteiger partial charge on any atom is 0.236 e. The van der Waals surface area contributed by atoms with Gasteiger partial charge >= 0.3 is 0 Å². The number of benzene rings is 1. The van der Waals surface area contributed by atoms with Crippen LogP contribution in [-0.4, -0.2) is 55.5 Å². The summed E-state index contributed by atoms with van der Waals surface area (Å²) in [5, 5.41) is 2.91. The molecule has 1 aliphatic rings. The molecule has 1 aromatic rings. The van der Waals surface area contributed by atoms with Crippen molar-refractivity contribution < 1.29 is 4.79 Å². The van der Waals surface area contributed by atoms with E-state index in [1.54, 1.807) is 7.05 Å². The van der Waals surface area contributed by atoms with Crippen LogP contribution in [0.5, 0.6) is 0 Å². The molecule has 1 N–H and O–H groups in total. The second-order valence-electron chi connectivity index (χ2n) is 5.04. The molecule has 108 valence electrons. The van der Waals surface area contributed by atoms with E-state index in [2.05, 4.69) is 41.1 Å². The number of nitrogens with zero attached hydrogens (tertiary/aromatic N) is 2. The summed E-state index contributed by atoms with van der Waals surface area (Å²) in [4.78, 5) is 16.1. The van der Waals surface area contributed by atoms with Crippen LogP contribution in [0.25, 0.3) is 0 Å². The first-order valence-electron chi connectivity index (χ1n) is 7.10. The van der Waals surface area contributed by atoms with Crippen LogP contribution in [0.1, 0.15) is 11.6 Å². The van der Waals surface area contributed by atoms with E-state index in [1.807, 2.05) is 17.0 Å². The van der Waals surface area contributed by atoms with Gasteiger partial charge in [-0.1, -0.05) is 36.4 Å². The Labute approximate surface area is 121 Å². The van der Waals surface area contributed by atoms with Gasteiger partial charge in [0.15, 0.2) is 0 Å². The molecule has 1 fully saturated rings. The molecule has 20 heavy (non-hydrogen) atoms. The highest BCUT2D eigenvalue weighted by molar-refractivity contribution is 5.78. The van der Waals surface area contributed by atoms with Crippen molar-refractivity contribution in [2.24, 2.45) is 0 Å². The first-order valence-corrected chi connectivity index (χ1v) is 7.10. The Morgan fingerprint density at radius 3 is 2.50 bits per heavy atom. The molecule has 0 spiro atoms. The fourth-order valence-electron chi connectivity index (χ4n) is 2.66. The maximum absolute atomic E-state index is 11.8. The molecule has 1 aromatic carbocycles. The summed E-state index contributed by atoms with van der Waals surface area (Å²) in [6.45, 7) is 7.74. The number of nitrogens with one attached hydrogen (secondary N) is 1. The van der Waals surface area contributed by atoms with E-state index < -0.39 is 0 Å². The Kier molecular flexibility index (Phi) is 5.32. The van der Waals surface area contributed by atoms with Crippen molar-refractivity contribution in [2.75, 3.05) is 39.8 Å². The van der Waals surface area contributed by atoms with Crippen LogP contribution in [0.2, 0.25) is 0 Å². The number of hydrogen-bond donors (Lipinski definition) is 1. The van der Waals surface area contributed by atoms with Crippen molar-refractivity contribution in [1.82, 2.24) is 15.1 Å². The monoisotopic (exact) mass is 273 g/mol. The molecular formula is C16H23N3O. The number of amides is 1. The lowest BCUT2D eigenvalue weighted by Gasteiger charge is -2.38. The minimum atomic E-state index is 0.182. The molecule has 1 aliphatic heterocycles. The summed E-state index contributed by atoms with van der Waals surface area (Å²) in [5.41, 5.74) is 1.26. The molecule has 1 heterocycles. The standard InChI is InChI=1S/C16H23N3O/c1-3-15(14-7-5-4-6-8-14)18-9-11-19(12-10-18)16(20)13-17-2/h3-8,15,17H,1,9-13H2,2H3. The molecule has 1 amide bonds. The third kappa shape index (κ3) is 3.46. The summed E-state index contributed by atoms with van der Waals surface area (Å²) in [7, 11) is 1.80. The zero-order chi connectivity index (χ0) is 14.4. The fourth-order valence-corrected chi connectivity index (χ4v) is 2.66. The molecule has 0 aliphatic carbocycles. The molecule has 4 nitrogen and oxygen atoms in total. The SMILES string of the molecule is C=CC(c1ccccc1)N1CCN(C(=O)CNC)CC1. The molecular weight excluding hydrogens is 250 g/mol.